The lowest BCUT2D eigenvalue weighted by atomic mass is 10.1. The lowest BCUT2D eigenvalue weighted by molar-refractivity contribution is 0.0697. The Morgan fingerprint density at radius 3 is 2.06 bits per heavy atom. The molecule has 3 aromatic carbocycles. The Labute approximate surface area is 205 Å². The van der Waals surface area contributed by atoms with Gasteiger partial charge in [0, 0.05) is 37.6 Å². The average Bonchev–Trinajstić information content (AvgIpc) is 2.83. The topological polar surface area (TPSA) is 99.2 Å². The van der Waals surface area contributed by atoms with E-state index in [1.165, 1.54) is 6.07 Å². The van der Waals surface area contributed by atoms with Crippen LogP contribution in [0.1, 0.15) is 21.5 Å². The van der Waals surface area contributed by atoms with E-state index in [4.69, 9.17) is 4.74 Å². The Balaban J connectivity index is 1.51. The predicted octanol–water partition coefficient (Wildman–Crippen LogP) is 4.14. The molecule has 3 aromatic rings. The highest BCUT2D eigenvalue weighted by Crippen LogP contribution is 2.29. The van der Waals surface area contributed by atoms with E-state index in [1.807, 2.05) is 49.1 Å². The highest BCUT2D eigenvalue weighted by Gasteiger charge is 2.23. The van der Waals surface area contributed by atoms with Crippen LogP contribution in [0.2, 0.25) is 0 Å². The Bertz CT molecular complexity index is 1310. The third kappa shape index (κ3) is 5.51. The van der Waals surface area contributed by atoms with Gasteiger partial charge in [-0.05, 0) is 79.6 Å². The first-order valence-electron chi connectivity index (χ1n) is 11.3. The third-order valence-electron chi connectivity index (χ3n) is 6.04. The van der Waals surface area contributed by atoms with E-state index in [1.54, 1.807) is 31.4 Å². The van der Waals surface area contributed by atoms with Crippen molar-refractivity contribution in [2.75, 3.05) is 47.8 Å². The first-order chi connectivity index (χ1) is 16.7. The first kappa shape index (κ1) is 24.4. The lowest BCUT2D eigenvalue weighted by Crippen LogP contribution is -2.47. The Morgan fingerprint density at radius 2 is 1.49 bits per heavy atom. The Morgan fingerprint density at radius 1 is 0.886 bits per heavy atom. The van der Waals surface area contributed by atoms with Gasteiger partial charge in [-0.2, -0.15) is 0 Å². The van der Waals surface area contributed by atoms with Gasteiger partial charge in [-0.25, -0.2) is 13.2 Å². The zero-order valence-electron chi connectivity index (χ0n) is 20.0. The molecule has 0 spiro atoms. The number of benzene rings is 3. The maximum Gasteiger partial charge on any atom is 0.337 e. The van der Waals surface area contributed by atoms with Gasteiger partial charge in [0.05, 0.1) is 23.3 Å². The minimum atomic E-state index is -3.85. The summed E-state index contributed by atoms with van der Waals surface area (Å²) in [7, 11) is -2.22. The molecule has 0 atom stereocenters. The summed E-state index contributed by atoms with van der Waals surface area (Å²) in [5.41, 5.74) is 3.59. The second-order valence-electron chi connectivity index (χ2n) is 8.64. The number of nitrogens with one attached hydrogen (secondary N) is 1. The van der Waals surface area contributed by atoms with Crippen LogP contribution in [0.4, 0.5) is 17.1 Å². The van der Waals surface area contributed by atoms with Crippen LogP contribution in [0.3, 0.4) is 0 Å². The number of carbonyl (C=O) groups is 1. The fourth-order valence-electron chi connectivity index (χ4n) is 4.35. The predicted molar refractivity (Wildman–Crippen MR) is 138 cm³/mol. The van der Waals surface area contributed by atoms with Gasteiger partial charge < -0.3 is 19.6 Å². The van der Waals surface area contributed by atoms with E-state index in [-0.39, 0.29) is 16.1 Å². The molecular formula is C26H29N3O5S. The van der Waals surface area contributed by atoms with Gasteiger partial charge in [-0.3, -0.25) is 4.72 Å². The molecule has 35 heavy (non-hydrogen) atoms. The maximum atomic E-state index is 12.9. The standard InChI is InChI=1S/C26H29N3O5S/c1-18-14-19(2)16-23(15-18)35(32,33)27-20-4-9-25(24(17-20)26(30)31)29-12-10-28(11-13-29)21-5-7-22(34-3)8-6-21/h4-9,14-17,27H,10-13H2,1-3H3,(H,30,31). The number of piperazine rings is 1. The number of anilines is 3. The second-order valence-corrected chi connectivity index (χ2v) is 10.3. The number of nitrogens with zero attached hydrogens (tertiary/aromatic N) is 2. The Kier molecular flexibility index (Phi) is 6.88. The van der Waals surface area contributed by atoms with Crippen LogP contribution in [0, 0.1) is 13.8 Å². The van der Waals surface area contributed by atoms with Gasteiger partial charge in [-0.1, -0.05) is 6.07 Å². The van der Waals surface area contributed by atoms with Crippen LogP contribution >= 0.6 is 0 Å². The number of aryl methyl sites for hydroxylation is 2. The van der Waals surface area contributed by atoms with E-state index in [9.17, 15) is 18.3 Å². The molecule has 9 heteroatoms. The van der Waals surface area contributed by atoms with E-state index >= 15 is 0 Å². The number of rotatable bonds is 7. The number of hydrogen-bond acceptors (Lipinski definition) is 6. The minimum absolute atomic E-state index is 0.0588. The normalized spacial score (nSPS) is 14.0. The molecule has 1 aliphatic heterocycles. The zero-order chi connectivity index (χ0) is 25.2. The highest BCUT2D eigenvalue weighted by molar-refractivity contribution is 7.92. The molecule has 8 nitrogen and oxygen atoms in total. The van der Waals surface area contributed by atoms with Gasteiger partial charge in [0.1, 0.15) is 5.75 Å². The fourth-order valence-corrected chi connectivity index (χ4v) is 5.58. The number of ether oxygens (including phenoxy) is 1. The molecule has 1 aliphatic rings. The maximum absolute atomic E-state index is 12.9. The molecule has 1 fully saturated rings. The lowest BCUT2D eigenvalue weighted by Gasteiger charge is -2.38. The van der Waals surface area contributed by atoms with Crippen molar-refractivity contribution >= 4 is 33.1 Å². The van der Waals surface area contributed by atoms with Crippen LogP contribution < -0.4 is 19.3 Å². The molecular weight excluding hydrogens is 466 g/mol. The molecule has 2 N–H and O–H groups in total. The molecule has 0 amide bonds. The molecule has 0 radical (unpaired) electrons. The van der Waals surface area contributed by atoms with E-state index < -0.39 is 16.0 Å². The third-order valence-corrected chi connectivity index (χ3v) is 7.40. The summed E-state index contributed by atoms with van der Waals surface area (Å²) in [4.78, 5) is 16.5. The summed E-state index contributed by atoms with van der Waals surface area (Å²) in [6, 6.07) is 17.6. The van der Waals surface area contributed by atoms with E-state index in [0.717, 1.165) is 35.7 Å². The summed E-state index contributed by atoms with van der Waals surface area (Å²) >= 11 is 0. The Hall–Kier alpha value is -3.72. The quantitative estimate of drug-likeness (QED) is 0.508. The molecule has 0 unspecified atom stereocenters. The minimum Gasteiger partial charge on any atom is -0.497 e. The van der Waals surface area contributed by atoms with Gasteiger partial charge in [0.25, 0.3) is 10.0 Å². The number of methoxy groups -OCH3 is 1. The van der Waals surface area contributed by atoms with Crippen molar-refractivity contribution in [3.8, 4) is 5.75 Å². The molecule has 1 heterocycles. The first-order valence-corrected chi connectivity index (χ1v) is 12.8. The monoisotopic (exact) mass is 495 g/mol. The number of carboxylic acids is 1. The van der Waals surface area contributed by atoms with E-state index in [2.05, 4.69) is 9.62 Å². The van der Waals surface area contributed by atoms with Crippen LogP contribution in [0.5, 0.6) is 5.75 Å². The summed E-state index contributed by atoms with van der Waals surface area (Å²) in [6.45, 7) is 6.40. The van der Waals surface area contributed by atoms with Crippen molar-refractivity contribution in [1.82, 2.24) is 0 Å². The van der Waals surface area contributed by atoms with Crippen molar-refractivity contribution in [3.05, 3.63) is 77.4 Å². The number of aromatic carboxylic acids is 1. The zero-order valence-corrected chi connectivity index (χ0v) is 20.8. The number of sulfonamides is 1. The largest absolute Gasteiger partial charge is 0.497 e. The van der Waals surface area contributed by atoms with Crippen LogP contribution in [-0.4, -0.2) is 52.8 Å². The van der Waals surface area contributed by atoms with Gasteiger partial charge in [-0.15, -0.1) is 0 Å². The summed E-state index contributed by atoms with van der Waals surface area (Å²) in [5, 5.41) is 9.86. The van der Waals surface area contributed by atoms with Gasteiger partial charge >= 0.3 is 5.97 Å². The molecule has 1 saturated heterocycles. The van der Waals surface area contributed by atoms with Gasteiger partial charge in [0.15, 0.2) is 0 Å². The summed E-state index contributed by atoms with van der Waals surface area (Å²) in [5.74, 6) is -0.309. The summed E-state index contributed by atoms with van der Waals surface area (Å²) < 4.78 is 33.5. The molecule has 0 aliphatic carbocycles. The molecule has 184 valence electrons. The molecule has 0 bridgehead atoms. The van der Waals surface area contributed by atoms with Crippen LogP contribution in [0.25, 0.3) is 0 Å². The molecule has 0 aromatic heterocycles. The van der Waals surface area contributed by atoms with Crippen LogP contribution in [0.15, 0.2) is 65.6 Å². The molecule has 4 rings (SSSR count). The van der Waals surface area contributed by atoms with E-state index in [0.29, 0.717) is 18.8 Å². The van der Waals surface area contributed by atoms with Crippen molar-refractivity contribution < 1.29 is 23.1 Å². The fraction of sp³-hybridized carbons (Fsp3) is 0.269. The van der Waals surface area contributed by atoms with Crippen molar-refractivity contribution in [1.29, 1.82) is 0 Å². The van der Waals surface area contributed by atoms with Crippen molar-refractivity contribution in [2.45, 2.75) is 18.7 Å². The van der Waals surface area contributed by atoms with Gasteiger partial charge in [0.2, 0.25) is 0 Å². The average molecular weight is 496 g/mol. The highest BCUT2D eigenvalue weighted by atomic mass is 32.2. The SMILES string of the molecule is COc1ccc(N2CCN(c3ccc(NS(=O)(=O)c4cc(C)cc(C)c4)cc3C(=O)O)CC2)cc1. The smallest absolute Gasteiger partial charge is 0.337 e. The summed E-state index contributed by atoms with van der Waals surface area (Å²) in [6.07, 6.45) is 0. The van der Waals surface area contributed by atoms with Crippen LogP contribution in [-0.2, 0) is 10.0 Å². The second kappa shape index (κ2) is 9.87. The van der Waals surface area contributed by atoms with Crippen molar-refractivity contribution in [3.63, 3.8) is 0 Å². The molecule has 0 saturated carbocycles. The number of hydrogen-bond donors (Lipinski definition) is 2. The number of carboxylic acid groups (broad SMARTS) is 1. The van der Waals surface area contributed by atoms with Crippen molar-refractivity contribution in [2.24, 2.45) is 0 Å².